The Morgan fingerprint density at radius 2 is 1.77 bits per heavy atom. The van der Waals surface area contributed by atoms with E-state index in [9.17, 15) is 4.79 Å². The summed E-state index contributed by atoms with van der Waals surface area (Å²) in [5, 5.41) is 2.79. The molecule has 1 aliphatic rings. The van der Waals surface area contributed by atoms with Crippen molar-refractivity contribution in [2.75, 3.05) is 6.54 Å². The summed E-state index contributed by atoms with van der Waals surface area (Å²) in [6.45, 7) is 14.4. The number of alkyl carbamates (subject to hydrolysis) is 1. The van der Waals surface area contributed by atoms with Crippen molar-refractivity contribution in [3.8, 4) is 0 Å². The molecular formula is C20H32BNO4. The number of aryl methyl sites for hydroxylation is 1. The molecule has 1 heterocycles. The minimum Gasteiger partial charge on any atom is -0.444 e. The van der Waals surface area contributed by atoms with Crippen LogP contribution in [-0.4, -0.2) is 36.6 Å². The van der Waals surface area contributed by atoms with E-state index in [0.29, 0.717) is 6.54 Å². The Labute approximate surface area is 157 Å². The largest absolute Gasteiger partial charge is 0.494 e. The molecule has 2 rings (SSSR count). The molecule has 1 aromatic rings. The molecule has 1 aromatic carbocycles. The van der Waals surface area contributed by atoms with Crippen LogP contribution in [0.2, 0.25) is 0 Å². The van der Waals surface area contributed by atoms with Gasteiger partial charge in [0.2, 0.25) is 0 Å². The quantitative estimate of drug-likeness (QED) is 0.645. The first-order chi connectivity index (χ1) is 11.9. The molecule has 0 spiro atoms. The van der Waals surface area contributed by atoms with Crippen LogP contribution in [0, 0.1) is 0 Å². The molecule has 1 aliphatic heterocycles. The highest BCUT2D eigenvalue weighted by Gasteiger charge is 2.51. The zero-order valence-corrected chi connectivity index (χ0v) is 17.1. The highest BCUT2D eigenvalue weighted by atomic mass is 16.7. The summed E-state index contributed by atoms with van der Waals surface area (Å²) in [5.74, 6) is 0. The molecule has 5 nitrogen and oxygen atoms in total. The van der Waals surface area contributed by atoms with Crippen LogP contribution in [-0.2, 0) is 20.5 Å². The van der Waals surface area contributed by atoms with Crippen LogP contribution in [0.3, 0.4) is 0 Å². The standard InChI is InChI=1S/C20H32BNO4/c1-18(2,3)24-17(23)22-13-9-11-15-10-8-12-16(14-15)21-25-19(4,5)20(6,7)26-21/h8,10,12,14H,9,11,13H2,1-7H3,(H,22,23). The van der Waals surface area contributed by atoms with Gasteiger partial charge in [0, 0.05) is 6.54 Å². The van der Waals surface area contributed by atoms with Crippen molar-refractivity contribution in [2.24, 2.45) is 0 Å². The Kier molecular flexibility index (Phi) is 6.08. The van der Waals surface area contributed by atoms with Crippen molar-refractivity contribution in [3.05, 3.63) is 29.8 Å². The second-order valence-corrected chi connectivity index (χ2v) is 8.87. The van der Waals surface area contributed by atoms with E-state index in [2.05, 4.69) is 45.1 Å². The predicted octanol–water partition coefficient (Wildman–Crippen LogP) is 3.44. The van der Waals surface area contributed by atoms with Gasteiger partial charge < -0.3 is 19.4 Å². The topological polar surface area (TPSA) is 56.8 Å². The van der Waals surface area contributed by atoms with E-state index in [1.54, 1.807) is 0 Å². The van der Waals surface area contributed by atoms with Crippen molar-refractivity contribution in [1.82, 2.24) is 5.32 Å². The number of benzene rings is 1. The van der Waals surface area contributed by atoms with E-state index in [1.165, 1.54) is 5.56 Å². The van der Waals surface area contributed by atoms with Gasteiger partial charge in [-0.15, -0.1) is 0 Å². The SMILES string of the molecule is CC(C)(C)OC(=O)NCCCc1cccc(B2OC(C)(C)C(C)(C)O2)c1. The lowest BCUT2D eigenvalue weighted by Crippen LogP contribution is -2.41. The number of ether oxygens (including phenoxy) is 1. The summed E-state index contributed by atoms with van der Waals surface area (Å²) in [7, 11) is -0.347. The molecule has 26 heavy (non-hydrogen) atoms. The normalized spacial score (nSPS) is 18.7. The molecule has 0 radical (unpaired) electrons. The van der Waals surface area contributed by atoms with E-state index < -0.39 is 5.60 Å². The van der Waals surface area contributed by atoms with E-state index in [0.717, 1.165) is 18.3 Å². The van der Waals surface area contributed by atoms with Crippen LogP contribution < -0.4 is 10.8 Å². The maximum Gasteiger partial charge on any atom is 0.494 e. The van der Waals surface area contributed by atoms with E-state index >= 15 is 0 Å². The van der Waals surface area contributed by atoms with Gasteiger partial charge in [-0.05, 0) is 72.3 Å². The molecule has 1 N–H and O–H groups in total. The van der Waals surface area contributed by atoms with Crippen LogP contribution in [0.4, 0.5) is 4.79 Å². The Morgan fingerprint density at radius 3 is 2.35 bits per heavy atom. The van der Waals surface area contributed by atoms with Gasteiger partial charge in [0.05, 0.1) is 11.2 Å². The van der Waals surface area contributed by atoms with E-state index in [-0.39, 0.29) is 24.4 Å². The van der Waals surface area contributed by atoms with E-state index in [4.69, 9.17) is 14.0 Å². The van der Waals surface area contributed by atoms with Crippen LogP contribution >= 0.6 is 0 Å². The zero-order valence-electron chi connectivity index (χ0n) is 17.1. The Balaban J connectivity index is 1.86. The van der Waals surface area contributed by atoms with Gasteiger partial charge in [-0.25, -0.2) is 4.79 Å². The molecule has 144 valence electrons. The molecule has 0 aromatic heterocycles. The maximum atomic E-state index is 11.7. The van der Waals surface area contributed by atoms with Gasteiger partial charge in [-0.3, -0.25) is 0 Å². The lowest BCUT2D eigenvalue weighted by Gasteiger charge is -2.32. The minimum absolute atomic E-state index is 0.342. The van der Waals surface area contributed by atoms with Crippen molar-refractivity contribution >= 4 is 18.7 Å². The summed E-state index contributed by atoms with van der Waals surface area (Å²) >= 11 is 0. The molecule has 0 aliphatic carbocycles. The number of carbonyl (C=O) groups is 1. The number of amides is 1. The van der Waals surface area contributed by atoms with Gasteiger partial charge in [-0.2, -0.15) is 0 Å². The zero-order chi connectivity index (χ0) is 19.6. The Bertz CT molecular complexity index is 621. The summed E-state index contributed by atoms with van der Waals surface area (Å²) in [6, 6.07) is 8.26. The summed E-state index contributed by atoms with van der Waals surface area (Å²) in [6.07, 6.45) is 1.33. The van der Waals surface area contributed by atoms with Gasteiger partial charge in [0.15, 0.2) is 0 Å². The second kappa shape index (κ2) is 7.61. The molecule has 0 saturated carbocycles. The van der Waals surface area contributed by atoms with Gasteiger partial charge >= 0.3 is 13.2 Å². The summed E-state index contributed by atoms with van der Waals surface area (Å²) in [4.78, 5) is 11.7. The van der Waals surface area contributed by atoms with Crippen molar-refractivity contribution < 1.29 is 18.8 Å². The van der Waals surface area contributed by atoms with Crippen LogP contribution in [0.5, 0.6) is 0 Å². The molecule has 0 unspecified atom stereocenters. The van der Waals surface area contributed by atoms with Gasteiger partial charge in [0.25, 0.3) is 0 Å². The molecule has 1 saturated heterocycles. The molecule has 6 heteroatoms. The molecular weight excluding hydrogens is 329 g/mol. The van der Waals surface area contributed by atoms with Gasteiger partial charge in [-0.1, -0.05) is 24.3 Å². The molecule has 1 amide bonds. The van der Waals surface area contributed by atoms with E-state index in [1.807, 2.05) is 32.9 Å². The number of hydrogen-bond donors (Lipinski definition) is 1. The highest BCUT2D eigenvalue weighted by molar-refractivity contribution is 6.62. The monoisotopic (exact) mass is 361 g/mol. The molecule has 1 fully saturated rings. The third-order valence-electron chi connectivity index (χ3n) is 4.79. The lowest BCUT2D eigenvalue weighted by atomic mass is 9.78. The fourth-order valence-corrected chi connectivity index (χ4v) is 2.67. The predicted molar refractivity (Wildman–Crippen MR) is 105 cm³/mol. The second-order valence-electron chi connectivity index (χ2n) is 8.87. The number of rotatable bonds is 5. The van der Waals surface area contributed by atoms with Crippen molar-refractivity contribution in [3.63, 3.8) is 0 Å². The average Bonchev–Trinajstić information content (AvgIpc) is 2.71. The van der Waals surface area contributed by atoms with Crippen LogP contribution in [0.15, 0.2) is 24.3 Å². The van der Waals surface area contributed by atoms with Crippen molar-refractivity contribution in [2.45, 2.75) is 78.1 Å². The Hall–Kier alpha value is -1.53. The molecule has 0 atom stereocenters. The smallest absolute Gasteiger partial charge is 0.444 e. The number of hydrogen-bond acceptors (Lipinski definition) is 4. The lowest BCUT2D eigenvalue weighted by molar-refractivity contribution is 0.00578. The molecule has 0 bridgehead atoms. The first kappa shape index (κ1) is 20.8. The summed E-state index contributed by atoms with van der Waals surface area (Å²) < 4.78 is 17.5. The van der Waals surface area contributed by atoms with Crippen LogP contribution in [0.1, 0.15) is 60.5 Å². The Morgan fingerprint density at radius 1 is 1.15 bits per heavy atom. The third-order valence-corrected chi connectivity index (χ3v) is 4.79. The average molecular weight is 361 g/mol. The fraction of sp³-hybridized carbons (Fsp3) is 0.650. The van der Waals surface area contributed by atoms with Crippen molar-refractivity contribution in [1.29, 1.82) is 0 Å². The highest BCUT2D eigenvalue weighted by Crippen LogP contribution is 2.36. The van der Waals surface area contributed by atoms with Gasteiger partial charge in [0.1, 0.15) is 5.60 Å². The maximum absolute atomic E-state index is 11.7. The van der Waals surface area contributed by atoms with Crippen LogP contribution in [0.25, 0.3) is 0 Å². The number of carbonyl (C=O) groups excluding carboxylic acids is 1. The minimum atomic E-state index is -0.471. The fourth-order valence-electron chi connectivity index (χ4n) is 2.67. The first-order valence-electron chi connectivity index (χ1n) is 9.31. The number of nitrogens with one attached hydrogen (secondary N) is 1. The first-order valence-corrected chi connectivity index (χ1v) is 9.31. The third kappa shape index (κ3) is 5.48. The summed E-state index contributed by atoms with van der Waals surface area (Å²) in [5.41, 5.74) is 1.07.